The number of aromatic nitrogens is 1. The molecule has 0 spiro atoms. The van der Waals surface area contributed by atoms with Gasteiger partial charge in [0.2, 0.25) is 0 Å². The number of benzene rings is 2. The predicted molar refractivity (Wildman–Crippen MR) is 131 cm³/mol. The maximum atomic E-state index is 13.7. The highest BCUT2D eigenvalue weighted by Gasteiger charge is 2.33. The van der Waals surface area contributed by atoms with Gasteiger partial charge in [-0.25, -0.2) is 9.79 Å². The van der Waals surface area contributed by atoms with E-state index in [0.29, 0.717) is 44.1 Å². The summed E-state index contributed by atoms with van der Waals surface area (Å²) in [5, 5.41) is 8.97. The SMILES string of the molecule is CCC1=C(C(=O)OC)[C@@H](c2ccccc2)n2c(s/c(=C/c3cccc(OC)c3OCC#N)c2=O)=N1. The molecule has 35 heavy (non-hydrogen) atoms. The number of para-hydroxylation sites is 1. The van der Waals surface area contributed by atoms with Crippen molar-refractivity contribution in [3.05, 3.63) is 90.6 Å². The standard InChI is InChI=1S/C26H23N3O5S/c1-4-18-21(25(31)33-3)22(16-9-6-5-7-10-16)29-24(30)20(35-26(29)28-18)15-17-11-8-12-19(32-2)23(17)34-14-13-27/h5-12,15,22H,4,14H2,1-3H3/b20-15+/t22-/m1/s1. The molecule has 3 aromatic rings. The largest absolute Gasteiger partial charge is 0.493 e. The molecule has 2 heterocycles. The van der Waals surface area contributed by atoms with E-state index < -0.39 is 12.0 Å². The summed E-state index contributed by atoms with van der Waals surface area (Å²) < 4.78 is 18.0. The molecule has 0 radical (unpaired) electrons. The summed E-state index contributed by atoms with van der Waals surface area (Å²) in [5.74, 6) is 0.297. The number of nitrogens with zero attached hydrogens (tertiary/aromatic N) is 3. The first-order valence-corrected chi connectivity index (χ1v) is 11.7. The van der Waals surface area contributed by atoms with Crippen molar-refractivity contribution in [2.45, 2.75) is 19.4 Å². The average molecular weight is 490 g/mol. The van der Waals surface area contributed by atoms with Crippen molar-refractivity contribution in [2.75, 3.05) is 20.8 Å². The summed E-state index contributed by atoms with van der Waals surface area (Å²) >= 11 is 1.22. The van der Waals surface area contributed by atoms with E-state index >= 15 is 0 Å². The number of nitriles is 1. The highest BCUT2D eigenvalue weighted by Crippen LogP contribution is 2.33. The van der Waals surface area contributed by atoms with Crippen LogP contribution in [-0.4, -0.2) is 31.4 Å². The molecule has 1 aliphatic rings. The predicted octanol–water partition coefficient (Wildman–Crippen LogP) is 2.71. The first-order chi connectivity index (χ1) is 17.0. The van der Waals surface area contributed by atoms with Gasteiger partial charge in [0.25, 0.3) is 5.56 Å². The Balaban J connectivity index is 1.98. The van der Waals surface area contributed by atoms with Crippen LogP contribution in [0.4, 0.5) is 0 Å². The van der Waals surface area contributed by atoms with Crippen LogP contribution in [0.3, 0.4) is 0 Å². The number of esters is 1. The van der Waals surface area contributed by atoms with Crippen LogP contribution in [0.2, 0.25) is 0 Å². The number of allylic oxidation sites excluding steroid dienone is 1. The molecule has 0 saturated heterocycles. The van der Waals surface area contributed by atoms with E-state index in [0.717, 1.165) is 5.56 Å². The Bertz CT molecular complexity index is 1510. The fraction of sp³-hybridized carbons (Fsp3) is 0.231. The van der Waals surface area contributed by atoms with Gasteiger partial charge >= 0.3 is 5.97 Å². The minimum atomic E-state index is -0.670. The maximum absolute atomic E-state index is 13.7. The van der Waals surface area contributed by atoms with Crippen LogP contribution in [0.15, 0.2) is 69.6 Å². The number of carbonyl (C=O) groups is 1. The van der Waals surface area contributed by atoms with Crippen LogP contribution in [0.1, 0.15) is 30.5 Å². The molecule has 0 saturated carbocycles. The number of fused-ring (bicyclic) bond motifs is 1. The van der Waals surface area contributed by atoms with Gasteiger partial charge in [-0.1, -0.05) is 60.7 Å². The van der Waals surface area contributed by atoms with Crippen LogP contribution in [-0.2, 0) is 9.53 Å². The normalized spacial score (nSPS) is 15.1. The van der Waals surface area contributed by atoms with Gasteiger partial charge in [-0.2, -0.15) is 5.26 Å². The topological polar surface area (TPSA) is 103 Å². The Hall–Kier alpha value is -4.16. The zero-order valence-corrected chi connectivity index (χ0v) is 20.3. The van der Waals surface area contributed by atoms with E-state index in [1.54, 1.807) is 24.3 Å². The van der Waals surface area contributed by atoms with Crippen LogP contribution < -0.4 is 24.4 Å². The molecule has 9 heteroatoms. The van der Waals surface area contributed by atoms with E-state index in [-0.39, 0.29) is 12.2 Å². The number of rotatable bonds is 7. The summed E-state index contributed by atoms with van der Waals surface area (Å²) in [4.78, 5) is 31.7. The smallest absolute Gasteiger partial charge is 0.338 e. The number of hydrogen-bond donors (Lipinski definition) is 0. The van der Waals surface area contributed by atoms with Gasteiger partial charge in [-0.05, 0) is 24.1 Å². The number of methoxy groups -OCH3 is 2. The van der Waals surface area contributed by atoms with Crippen molar-refractivity contribution >= 4 is 23.4 Å². The molecule has 4 rings (SSSR count). The number of carbonyl (C=O) groups excluding carboxylic acids is 1. The van der Waals surface area contributed by atoms with Crippen molar-refractivity contribution in [2.24, 2.45) is 4.99 Å². The number of thiazole rings is 1. The minimum absolute atomic E-state index is 0.168. The lowest BCUT2D eigenvalue weighted by Crippen LogP contribution is -2.40. The van der Waals surface area contributed by atoms with Crippen molar-refractivity contribution in [1.29, 1.82) is 5.26 Å². The first kappa shape index (κ1) is 24.0. The molecule has 8 nitrogen and oxygen atoms in total. The molecule has 0 bridgehead atoms. The summed E-state index contributed by atoms with van der Waals surface area (Å²) in [6, 6.07) is 15.9. The molecule has 0 N–H and O–H groups in total. The Kier molecular flexibility index (Phi) is 7.13. The second kappa shape index (κ2) is 10.4. The maximum Gasteiger partial charge on any atom is 0.338 e. The summed E-state index contributed by atoms with van der Waals surface area (Å²) in [6.07, 6.45) is 2.19. The lowest BCUT2D eigenvalue weighted by Gasteiger charge is -2.25. The van der Waals surface area contributed by atoms with E-state index in [1.165, 1.54) is 30.1 Å². The molecule has 1 aromatic heterocycles. The second-order valence-corrected chi connectivity index (χ2v) is 8.53. The summed E-state index contributed by atoms with van der Waals surface area (Å²) in [5.41, 5.74) is 2.00. The molecular formula is C26H23N3O5S. The lowest BCUT2D eigenvalue weighted by atomic mass is 9.95. The van der Waals surface area contributed by atoms with Gasteiger partial charge in [0.15, 0.2) is 22.9 Å². The van der Waals surface area contributed by atoms with Gasteiger partial charge in [0.1, 0.15) is 6.07 Å². The Morgan fingerprint density at radius 1 is 1.20 bits per heavy atom. The van der Waals surface area contributed by atoms with E-state index in [2.05, 4.69) is 4.99 Å². The molecule has 2 aromatic carbocycles. The average Bonchev–Trinajstić information content (AvgIpc) is 3.20. The molecule has 0 amide bonds. The van der Waals surface area contributed by atoms with Crippen LogP contribution in [0.25, 0.3) is 6.08 Å². The van der Waals surface area contributed by atoms with E-state index in [1.807, 2.05) is 43.3 Å². The third-order valence-corrected chi connectivity index (χ3v) is 6.55. The van der Waals surface area contributed by atoms with Crippen LogP contribution >= 0.6 is 11.3 Å². The van der Waals surface area contributed by atoms with Crippen molar-refractivity contribution in [3.8, 4) is 17.6 Å². The molecule has 0 aliphatic carbocycles. The third-order valence-electron chi connectivity index (χ3n) is 5.56. The molecular weight excluding hydrogens is 466 g/mol. The molecule has 1 aliphatic heterocycles. The van der Waals surface area contributed by atoms with Gasteiger partial charge in [0, 0.05) is 5.56 Å². The van der Waals surface area contributed by atoms with Crippen molar-refractivity contribution < 1.29 is 19.0 Å². The zero-order valence-electron chi connectivity index (χ0n) is 19.5. The fourth-order valence-corrected chi connectivity index (χ4v) is 5.03. The molecule has 1 atom stereocenters. The minimum Gasteiger partial charge on any atom is -0.493 e. The molecule has 0 unspecified atom stereocenters. The highest BCUT2D eigenvalue weighted by atomic mass is 32.1. The van der Waals surface area contributed by atoms with Gasteiger partial charge in [-0.3, -0.25) is 9.36 Å². The highest BCUT2D eigenvalue weighted by molar-refractivity contribution is 7.07. The van der Waals surface area contributed by atoms with Crippen LogP contribution in [0.5, 0.6) is 11.5 Å². The Morgan fingerprint density at radius 3 is 2.63 bits per heavy atom. The van der Waals surface area contributed by atoms with Crippen molar-refractivity contribution in [1.82, 2.24) is 4.57 Å². The zero-order chi connectivity index (χ0) is 24.9. The summed E-state index contributed by atoms with van der Waals surface area (Å²) in [6.45, 7) is 1.74. The fourth-order valence-electron chi connectivity index (χ4n) is 4.02. The monoisotopic (exact) mass is 489 g/mol. The van der Waals surface area contributed by atoms with E-state index in [9.17, 15) is 9.59 Å². The molecule has 178 valence electrons. The summed E-state index contributed by atoms with van der Waals surface area (Å²) in [7, 11) is 2.83. The number of hydrogen-bond acceptors (Lipinski definition) is 8. The first-order valence-electron chi connectivity index (χ1n) is 10.9. The molecule has 0 fully saturated rings. The Morgan fingerprint density at radius 2 is 1.97 bits per heavy atom. The van der Waals surface area contributed by atoms with Crippen molar-refractivity contribution in [3.63, 3.8) is 0 Å². The van der Waals surface area contributed by atoms with E-state index in [4.69, 9.17) is 19.5 Å². The second-order valence-electron chi connectivity index (χ2n) is 7.52. The van der Waals surface area contributed by atoms with Crippen LogP contribution in [0, 0.1) is 11.3 Å². The number of ether oxygens (including phenoxy) is 3. The van der Waals surface area contributed by atoms with Gasteiger partial charge in [-0.15, -0.1) is 0 Å². The van der Waals surface area contributed by atoms with Gasteiger partial charge in [0.05, 0.1) is 36.1 Å². The lowest BCUT2D eigenvalue weighted by molar-refractivity contribution is -0.136. The van der Waals surface area contributed by atoms with Gasteiger partial charge < -0.3 is 14.2 Å². The third kappa shape index (κ3) is 4.48. The Labute approximate surface area is 205 Å². The quantitative estimate of drug-likeness (QED) is 0.473.